The van der Waals surface area contributed by atoms with Crippen molar-refractivity contribution in [2.45, 2.75) is 83.5 Å². The predicted octanol–water partition coefficient (Wildman–Crippen LogP) is 4.48. The summed E-state index contributed by atoms with van der Waals surface area (Å²) in [6, 6.07) is 8.44. The van der Waals surface area contributed by atoms with Gasteiger partial charge in [-0.05, 0) is 74.5 Å². The predicted molar refractivity (Wildman–Crippen MR) is 133 cm³/mol. The van der Waals surface area contributed by atoms with Gasteiger partial charge in [0.25, 0.3) is 5.91 Å². The summed E-state index contributed by atoms with van der Waals surface area (Å²) in [6.07, 6.45) is 10.7. The Morgan fingerprint density at radius 2 is 1.97 bits per heavy atom. The van der Waals surface area contributed by atoms with Crippen LogP contribution in [0.15, 0.2) is 35.9 Å². The Balaban J connectivity index is 1.29. The van der Waals surface area contributed by atoms with Crippen molar-refractivity contribution in [1.29, 1.82) is 0 Å². The quantitative estimate of drug-likeness (QED) is 0.621. The molecule has 6 rings (SSSR count). The number of fused-ring (bicyclic) bond motifs is 7. The first kappa shape index (κ1) is 22.3. The van der Waals surface area contributed by atoms with Gasteiger partial charge in [-0.3, -0.25) is 14.5 Å². The van der Waals surface area contributed by atoms with Crippen LogP contribution in [0.1, 0.15) is 74.7 Å². The maximum absolute atomic E-state index is 14.3. The minimum Gasteiger partial charge on any atom is -0.334 e. The van der Waals surface area contributed by atoms with E-state index in [1.807, 2.05) is 29.2 Å². The molecule has 4 aliphatic heterocycles. The standard InChI is InChI=1S/C29H39N3O2/c1-19(2)14-26(32-18-21-8-3-4-10-24(21)28(32)33)29(34)31-13-7-9-20-15-22-16-23(27(20)31)17-30-12-6-5-11-25(22)30/h3-4,8,10,15,19,22-23,25-27H,5-7,9,11-14,16-18H2,1-2H3/t22-,23-,25+,26-,27+/m0/s1. The number of nitrogens with zero attached hydrogens (tertiary/aromatic N) is 3. The van der Waals surface area contributed by atoms with Gasteiger partial charge in [0.05, 0.1) is 6.04 Å². The lowest BCUT2D eigenvalue weighted by molar-refractivity contribution is -0.142. The van der Waals surface area contributed by atoms with E-state index in [0.717, 1.165) is 49.5 Å². The van der Waals surface area contributed by atoms with E-state index >= 15 is 0 Å². The van der Waals surface area contributed by atoms with Crippen molar-refractivity contribution < 1.29 is 9.59 Å². The normalized spacial score (nSPS) is 31.6. The van der Waals surface area contributed by atoms with Crippen LogP contribution in [0, 0.1) is 17.8 Å². The summed E-state index contributed by atoms with van der Waals surface area (Å²) in [4.78, 5) is 34.5. The molecule has 1 aliphatic carbocycles. The molecule has 0 radical (unpaired) electrons. The highest BCUT2D eigenvalue weighted by atomic mass is 16.2. The summed E-state index contributed by atoms with van der Waals surface area (Å²) in [6.45, 7) is 8.07. The molecule has 0 unspecified atom stereocenters. The fourth-order valence-corrected chi connectivity index (χ4v) is 7.75. The Morgan fingerprint density at radius 3 is 2.79 bits per heavy atom. The third kappa shape index (κ3) is 3.71. The number of rotatable bonds is 4. The minimum atomic E-state index is -0.372. The molecule has 34 heavy (non-hydrogen) atoms. The molecule has 182 valence electrons. The summed E-state index contributed by atoms with van der Waals surface area (Å²) in [7, 11) is 0. The van der Waals surface area contributed by atoms with E-state index < -0.39 is 0 Å². The van der Waals surface area contributed by atoms with Gasteiger partial charge in [0.1, 0.15) is 6.04 Å². The number of benzene rings is 1. The minimum absolute atomic E-state index is 0.0277. The molecule has 2 amide bonds. The van der Waals surface area contributed by atoms with E-state index in [0.29, 0.717) is 24.3 Å². The van der Waals surface area contributed by atoms with E-state index in [2.05, 4.69) is 29.7 Å². The van der Waals surface area contributed by atoms with E-state index in [9.17, 15) is 9.59 Å². The largest absolute Gasteiger partial charge is 0.334 e. The average molecular weight is 462 g/mol. The summed E-state index contributed by atoms with van der Waals surface area (Å²) in [5.74, 6) is 1.77. The van der Waals surface area contributed by atoms with Crippen LogP contribution in [0.3, 0.4) is 0 Å². The third-order valence-corrected chi connectivity index (χ3v) is 9.15. The highest BCUT2D eigenvalue weighted by Gasteiger charge is 2.48. The monoisotopic (exact) mass is 461 g/mol. The SMILES string of the molecule is CC(C)C[C@@H](C(=O)N1CCCC2=C[C@H]3C[C@@H](CN4CCCC[C@H]34)[C@@H]21)N1Cc2ccccc2C1=O. The van der Waals surface area contributed by atoms with E-state index in [1.54, 1.807) is 0 Å². The first-order valence-electron chi connectivity index (χ1n) is 13.6. The molecule has 5 atom stereocenters. The smallest absolute Gasteiger partial charge is 0.255 e. The van der Waals surface area contributed by atoms with Crippen LogP contribution >= 0.6 is 0 Å². The number of hydrogen-bond donors (Lipinski definition) is 0. The van der Waals surface area contributed by atoms with Crippen molar-refractivity contribution in [1.82, 2.24) is 14.7 Å². The molecule has 0 N–H and O–H groups in total. The number of carbonyl (C=O) groups excluding carboxylic acids is 2. The first-order valence-corrected chi connectivity index (χ1v) is 13.6. The Hall–Kier alpha value is -2.14. The van der Waals surface area contributed by atoms with Crippen molar-refractivity contribution >= 4 is 11.8 Å². The Labute approximate surface area is 204 Å². The molecule has 3 saturated heterocycles. The second-order valence-corrected chi connectivity index (χ2v) is 11.8. The Kier molecular flexibility index (Phi) is 5.79. The fourth-order valence-electron chi connectivity index (χ4n) is 7.75. The number of amides is 2. The Morgan fingerprint density at radius 1 is 1.12 bits per heavy atom. The maximum Gasteiger partial charge on any atom is 0.255 e. The molecular formula is C29H39N3O2. The number of piperidine rings is 3. The lowest BCUT2D eigenvalue weighted by Gasteiger charge is -2.55. The van der Waals surface area contributed by atoms with Crippen molar-refractivity contribution in [3.8, 4) is 0 Å². The zero-order valence-corrected chi connectivity index (χ0v) is 20.8. The highest BCUT2D eigenvalue weighted by Crippen LogP contribution is 2.45. The molecule has 0 spiro atoms. The van der Waals surface area contributed by atoms with Crippen LogP contribution < -0.4 is 0 Å². The molecule has 4 heterocycles. The molecule has 1 aromatic carbocycles. The van der Waals surface area contributed by atoms with Crippen LogP contribution in [-0.4, -0.2) is 64.3 Å². The van der Waals surface area contributed by atoms with E-state index in [1.165, 1.54) is 37.8 Å². The zero-order chi connectivity index (χ0) is 23.4. The summed E-state index contributed by atoms with van der Waals surface area (Å²) < 4.78 is 0. The van der Waals surface area contributed by atoms with Crippen LogP contribution in [0.2, 0.25) is 0 Å². The van der Waals surface area contributed by atoms with Crippen molar-refractivity contribution in [2.75, 3.05) is 19.6 Å². The molecule has 0 aromatic heterocycles. The lowest BCUT2D eigenvalue weighted by Crippen LogP contribution is -2.62. The van der Waals surface area contributed by atoms with Gasteiger partial charge in [-0.2, -0.15) is 0 Å². The lowest BCUT2D eigenvalue weighted by atomic mass is 9.68. The van der Waals surface area contributed by atoms with E-state index in [4.69, 9.17) is 0 Å². The van der Waals surface area contributed by atoms with Gasteiger partial charge < -0.3 is 9.80 Å². The van der Waals surface area contributed by atoms with Crippen LogP contribution in [0.25, 0.3) is 0 Å². The van der Waals surface area contributed by atoms with Crippen LogP contribution in [0.5, 0.6) is 0 Å². The van der Waals surface area contributed by atoms with Crippen LogP contribution in [-0.2, 0) is 11.3 Å². The summed E-state index contributed by atoms with van der Waals surface area (Å²) in [5.41, 5.74) is 3.34. The van der Waals surface area contributed by atoms with Gasteiger partial charge in [0.15, 0.2) is 0 Å². The third-order valence-electron chi connectivity index (χ3n) is 9.15. The van der Waals surface area contributed by atoms with Gasteiger partial charge in [-0.15, -0.1) is 0 Å². The van der Waals surface area contributed by atoms with Gasteiger partial charge in [0.2, 0.25) is 5.91 Å². The number of hydrogen-bond acceptors (Lipinski definition) is 3. The zero-order valence-electron chi connectivity index (χ0n) is 20.8. The molecule has 5 heteroatoms. The summed E-state index contributed by atoms with van der Waals surface area (Å²) >= 11 is 0. The van der Waals surface area contributed by atoms with Gasteiger partial charge in [0, 0.05) is 31.2 Å². The molecular weight excluding hydrogens is 422 g/mol. The molecule has 1 aromatic rings. The number of likely N-dealkylation sites (tertiary alicyclic amines) is 1. The first-order chi connectivity index (χ1) is 16.5. The Bertz CT molecular complexity index is 1000. The van der Waals surface area contributed by atoms with Gasteiger partial charge in [-0.1, -0.05) is 50.1 Å². The van der Waals surface area contributed by atoms with Crippen molar-refractivity contribution in [3.63, 3.8) is 0 Å². The average Bonchev–Trinajstić information content (AvgIpc) is 3.18. The van der Waals surface area contributed by atoms with E-state index in [-0.39, 0.29) is 23.9 Å². The van der Waals surface area contributed by atoms with Crippen molar-refractivity contribution in [3.05, 3.63) is 47.0 Å². The number of carbonyl (C=O) groups is 2. The molecule has 5 nitrogen and oxygen atoms in total. The fraction of sp³-hybridized carbons (Fsp3) is 0.655. The second kappa shape index (κ2) is 8.82. The maximum atomic E-state index is 14.3. The molecule has 0 saturated carbocycles. The molecule has 5 aliphatic rings. The van der Waals surface area contributed by atoms with Gasteiger partial charge >= 0.3 is 0 Å². The van der Waals surface area contributed by atoms with Gasteiger partial charge in [-0.25, -0.2) is 0 Å². The summed E-state index contributed by atoms with van der Waals surface area (Å²) in [5, 5.41) is 0. The van der Waals surface area contributed by atoms with Crippen molar-refractivity contribution in [2.24, 2.45) is 17.8 Å². The highest BCUT2D eigenvalue weighted by molar-refractivity contribution is 6.01. The second-order valence-electron chi connectivity index (χ2n) is 11.8. The molecule has 3 fully saturated rings. The van der Waals surface area contributed by atoms with Crippen LogP contribution in [0.4, 0.5) is 0 Å². The molecule has 2 bridgehead atoms. The topological polar surface area (TPSA) is 43.9 Å².